The van der Waals surface area contributed by atoms with E-state index in [0.29, 0.717) is 24.3 Å². The van der Waals surface area contributed by atoms with Crippen molar-refractivity contribution in [3.63, 3.8) is 0 Å². The van der Waals surface area contributed by atoms with Crippen molar-refractivity contribution in [2.24, 2.45) is 0 Å². The fraction of sp³-hybridized carbons (Fsp3) is 0.647. The first-order chi connectivity index (χ1) is 19.0. The Hall–Kier alpha value is -2.40. The standard InChI is InChI=1S/C34H52N2O3/c1-4-5-6-7-8-9-10-11-12-13-14-15-16-17-18-19-25-36-33(37)29-22-20-21-28-31(39-27-26-35(2)3)24-23-30(32(28)29)34(36)38/h20-24H,4-19,25-27H2,1-3H3. The average molecular weight is 537 g/mol. The Labute approximate surface area is 237 Å². The lowest BCUT2D eigenvalue weighted by Crippen LogP contribution is -2.40. The van der Waals surface area contributed by atoms with Crippen LogP contribution < -0.4 is 4.74 Å². The van der Waals surface area contributed by atoms with Crippen LogP contribution in [-0.4, -0.2) is 55.4 Å². The highest BCUT2D eigenvalue weighted by molar-refractivity contribution is 6.26. The maximum Gasteiger partial charge on any atom is 0.261 e. The van der Waals surface area contributed by atoms with E-state index in [4.69, 9.17) is 4.74 Å². The molecule has 1 heterocycles. The van der Waals surface area contributed by atoms with E-state index in [-0.39, 0.29) is 11.8 Å². The molecule has 0 N–H and O–H groups in total. The van der Waals surface area contributed by atoms with Crippen molar-refractivity contribution >= 4 is 22.6 Å². The molecule has 0 fully saturated rings. The van der Waals surface area contributed by atoms with Gasteiger partial charge >= 0.3 is 0 Å². The molecule has 0 radical (unpaired) electrons. The van der Waals surface area contributed by atoms with Crippen molar-refractivity contribution in [3.05, 3.63) is 41.5 Å². The van der Waals surface area contributed by atoms with Crippen LogP contribution in [0.3, 0.4) is 0 Å². The SMILES string of the molecule is CCCCCCCCCCCCCCCCCCN1C(=O)c2cccc3c(OCCN(C)C)ccc(c23)C1=O. The van der Waals surface area contributed by atoms with Gasteiger partial charge in [0.1, 0.15) is 12.4 Å². The molecular formula is C34H52N2O3. The lowest BCUT2D eigenvalue weighted by atomic mass is 9.93. The fourth-order valence-electron chi connectivity index (χ4n) is 5.60. The van der Waals surface area contributed by atoms with E-state index in [2.05, 4.69) is 11.8 Å². The van der Waals surface area contributed by atoms with Crippen molar-refractivity contribution in [1.29, 1.82) is 0 Å². The topological polar surface area (TPSA) is 49.9 Å². The van der Waals surface area contributed by atoms with Crippen LogP contribution in [0.1, 0.15) is 130 Å². The zero-order valence-electron chi connectivity index (χ0n) is 24.9. The predicted octanol–water partition coefficient (Wildman–Crippen LogP) is 8.64. The fourth-order valence-corrected chi connectivity index (χ4v) is 5.60. The molecule has 5 nitrogen and oxygen atoms in total. The Morgan fingerprint density at radius 1 is 0.667 bits per heavy atom. The molecule has 0 unspecified atom stereocenters. The number of likely N-dealkylation sites (N-methyl/N-ethyl adjacent to an activating group) is 1. The highest BCUT2D eigenvalue weighted by Gasteiger charge is 2.33. The quantitative estimate of drug-likeness (QED) is 0.118. The summed E-state index contributed by atoms with van der Waals surface area (Å²) < 4.78 is 5.99. The number of nitrogens with zero attached hydrogens (tertiary/aromatic N) is 2. The van der Waals surface area contributed by atoms with Crippen molar-refractivity contribution in [1.82, 2.24) is 9.80 Å². The maximum absolute atomic E-state index is 13.3. The minimum Gasteiger partial charge on any atom is -0.492 e. The van der Waals surface area contributed by atoms with E-state index in [1.165, 1.54) is 94.8 Å². The average Bonchev–Trinajstić information content (AvgIpc) is 2.93. The van der Waals surface area contributed by atoms with Gasteiger partial charge < -0.3 is 9.64 Å². The number of amides is 2. The van der Waals surface area contributed by atoms with Gasteiger partial charge in [0.2, 0.25) is 0 Å². The molecule has 0 saturated heterocycles. The third kappa shape index (κ3) is 9.63. The molecule has 2 aromatic carbocycles. The number of carbonyl (C=O) groups excluding carboxylic acids is 2. The minimum atomic E-state index is -0.176. The number of ether oxygens (including phenoxy) is 1. The molecule has 3 rings (SSSR count). The Balaban J connectivity index is 1.33. The summed E-state index contributed by atoms with van der Waals surface area (Å²) in [6.45, 7) is 4.12. The zero-order chi connectivity index (χ0) is 27.9. The molecule has 1 aliphatic rings. The number of hydrogen-bond donors (Lipinski definition) is 0. The van der Waals surface area contributed by atoms with Crippen LogP contribution >= 0.6 is 0 Å². The van der Waals surface area contributed by atoms with Gasteiger partial charge in [-0.05, 0) is 38.7 Å². The number of rotatable bonds is 21. The van der Waals surface area contributed by atoms with Crippen LogP contribution in [0.15, 0.2) is 30.3 Å². The summed E-state index contributed by atoms with van der Waals surface area (Å²) in [7, 11) is 4.01. The molecule has 2 aromatic rings. The third-order valence-electron chi connectivity index (χ3n) is 7.98. The Morgan fingerprint density at radius 3 is 1.72 bits per heavy atom. The molecule has 0 atom stereocenters. The van der Waals surface area contributed by atoms with Gasteiger partial charge in [-0.3, -0.25) is 14.5 Å². The molecule has 39 heavy (non-hydrogen) atoms. The van der Waals surface area contributed by atoms with Crippen LogP contribution in [0, 0.1) is 0 Å². The summed E-state index contributed by atoms with van der Waals surface area (Å²) in [6.07, 6.45) is 20.9. The van der Waals surface area contributed by atoms with Crippen molar-refractivity contribution in [3.8, 4) is 5.75 Å². The van der Waals surface area contributed by atoms with Gasteiger partial charge in [0.05, 0.1) is 0 Å². The largest absolute Gasteiger partial charge is 0.492 e. The predicted molar refractivity (Wildman–Crippen MR) is 163 cm³/mol. The monoisotopic (exact) mass is 536 g/mol. The van der Waals surface area contributed by atoms with Crippen molar-refractivity contribution in [2.45, 2.75) is 110 Å². The molecule has 5 heteroatoms. The summed E-state index contributed by atoms with van der Waals surface area (Å²) in [5, 5.41) is 1.57. The number of benzene rings is 2. The van der Waals surface area contributed by atoms with Gasteiger partial charge in [0.15, 0.2) is 0 Å². The molecule has 2 amide bonds. The van der Waals surface area contributed by atoms with E-state index in [9.17, 15) is 9.59 Å². The molecule has 0 aliphatic carbocycles. The molecule has 1 aliphatic heterocycles. The number of hydrogen-bond acceptors (Lipinski definition) is 4. The molecule has 0 spiro atoms. The van der Waals surface area contributed by atoms with Crippen molar-refractivity contribution < 1.29 is 14.3 Å². The molecule has 0 saturated carbocycles. The van der Waals surface area contributed by atoms with Gasteiger partial charge in [-0.2, -0.15) is 0 Å². The van der Waals surface area contributed by atoms with E-state index in [0.717, 1.165) is 35.9 Å². The van der Waals surface area contributed by atoms with E-state index < -0.39 is 0 Å². The van der Waals surface area contributed by atoms with Gasteiger partial charge in [-0.1, -0.05) is 115 Å². The summed E-state index contributed by atoms with van der Waals surface area (Å²) in [5.74, 6) is 0.373. The minimum absolute atomic E-state index is 0.176. The summed E-state index contributed by atoms with van der Waals surface area (Å²) >= 11 is 0. The number of imide groups is 1. The van der Waals surface area contributed by atoms with Crippen LogP contribution in [0.5, 0.6) is 5.75 Å². The highest BCUT2D eigenvalue weighted by atomic mass is 16.5. The second kappa shape index (κ2) is 17.3. The van der Waals surface area contributed by atoms with Gasteiger partial charge in [-0.25, -0.2) is 0 Å². The second-order valence-electron chi connectivity index (χ2n) is 11.6. The van der Waals surface area contributed by atoms with Crippen LogP contribution in [0.2, 0.25) is 0 Å². The highest BCUT2D eigenvalue weighted by Crippen LogP contribution is 2.35. The Bertz CT molecular complexity index is 1010. The first-order valence-corrected chi connectivity index (χ1v) is 15.7. The van der Waals surface area contributed by atoms with Crippen LogP contribution in [-0.2, 0) is 0 Å². The number of unbranched alkanes of at least 4 members (excludes halogenated alkanes) is 15. The maximum atomic E-state index is 13.3. The van der Waals surface area contributed by atoms with E-state index in [1.807, 2.05) is 44.4 Å². The molecule has 0 aromatic heterocycles. The van der Waals surface area contributed by atoms with Gasteiger partial charge in [0, 0.05) is 35.0 Å². The summed E-state index contributed by atoms with van der Waals surface area (Å²) in [4.78, 5) is 30.1. The molecular weight excluding hydrogens is 484 g/mol. The lowest BCUT2D eigenvalue weighted by molar-refractivity contribution is 0.0607. The molecule has 216 valence electrons. The third-order valence-corrected chi connectivity index (χ3v) is 7.98. The Kier molecular flexibility index (Phi) is 13.8. The second-order valence-corrected chi connectivity index (χ2v) is 11.6. The van der Waals surface area contributed by atoms with Crippen LogP contribution in [0.25, 0.3) is 10.8 Å². The van der Waals surface area contributed by atoms with E-state index >= 15 is 0 Å². The number of carbonyl (C=O) groups is 2. The lowest BCUT2D eigenvalue weighted by Gasteiger charge is -2.27. The smallest absolute Gasteiger partial charge is 0.261 e. The van der Waals surface area contributed by atoms with E-state index in [1.54, 1.807) is 0 Å². The van der Waals surface area contributed by atoms with Gasteiger partial charge in [0.25, 0.3) is 11.8 Å². The summed E-state index contributed by atoms with van der Waals surface area (Å²) in [5.41, 5.74) is 1.22. The first kappa shape index (κ1) is 31.1. The summed E-state index contributed by atoms with van der Waals surface area (Å²) in [6, 6.07) is 9.37. The van der Waals surface area contributed by atoms with Gasteiger partial charge in [-0.15, -0.1) is 0 Å². The first-order valence-electron chi connectivity index (χ1n) is 15.7. The normalized spacial score (nSPS) is 13.2. The van der Waals surface area contributed by atoms with Crippen molar-refractivity contribution in [2.75, 3.05) is 33.8 Å². The molecule has 0 bridgehead atoms. The van der Waals surface area contributed by atoms with Crippen LogP contribution in [0.4, 0.5) is 0 Å². The Morgan fingerprint density at radius 2 is 1.18 bits per heavy atom. The zero-order valence-corrected chi connectivity index (χ0v) is 24.9.